The zero-order chi connectivity index (χ0) is 17.1. The second kappa shape index (κ2) is 7.13. The van der Waals surface area contributed by atoms with Crippen LogP contribution in [0.5, 0.6) is 11.5 Å². The van der Waals surface area contributed by atoms with Crippen molar-refractivity contribution in [3.05, 3.63) is 59.6 Å². The van der Waals surface area contributed by atoms with Crippen LogP contribution in [0.4, 0.5) is 4.39 Å². The maximum Gasteiger partial charge on any atom is 0.162 e. The highest BCUT2D eigenvalue weighted by atomic mass is 79.9. The number of fused-ring (bicyclic) bond motifs is 1. The van der Waals surface area contributed by atoms with Crippen LogP contribution in [-0.2, 0) is 0 Å². The molecule has 6 heteroatoms. The van der Waals surface area contributed by atoms with Crippen LogP contribution in [-0.4, -0.2) is 23.7 Å². The van der Waals surface area contributed by atoms with Gasteiger partial charge >= 0.3 is 0 Å². The van der Waals surface area contributed by atoms with Crippen LogP contribution >= 0.6 is 15.9 Å². The zero-order valence-corrected chi connectivity index (χ0v) is 14.6. The Balaban J connectivity index is 2.22. The van der Waals surface area contributed by atoms with Gasteiger partial charge in [0, 0.05) is 27.9 Å². The van der Waals surface area contributed by atoms with Crippen LogP contribution in [0.3, 0.4) is 0 Å². The smallest absolute Gasteiger partial charge is 0.162 e. The lowest BCUT2D eigenvalue weighted by Gasteiger charge is -2.16. The van der Waals surface area contributed by atoms with Crippen molar-refractivity contribution in [2.75, 3.05) is 13.7 Å². The lowest BCUT2D eigenvalue weighted by Crippen LogP contribution is -2.01. The highest BCUT2D eigenvalue weighted by Gasteiger charge is 2.21. The van der Waals surface area contributed by atoms with Gasteiger partial charge < -0.3 is 9.47 Å². The molecule has 0 N–H and O–H groups in total. The Morgan fingerprint density at radius 2 is 2.17 bits per heavy atom. The molecule has 2 aromatic rings. The number of rotatable bonds is 5. The van der Waals surface area contributed by atoms with E-state index in [2.05, 4.69) is 32.5 Å². The van der Waals surface area contributed by atoms with Gasteiger partial charge in [0.05, 0.1) is 18.3 Å². The topological polar surface area (TPSA) is 44.2 Å². The van der Waals surface area contributed by atoms with E-state index in [1.54, 1.807) is 25.3 Å². The van der Waals surface area contributed by atoms with E-state index in [0.29, 0.717) is 51.2 Å². The Kier molecular flexibility index (Phi) is 4.94. The molecule has 3 rings (SSSR count). The summed E-state index contributed by atoms with van der Waals surface area (Å²) in [6.45, 7) is 3.97. The summed E-state index contributed by atoms with van der Waals surface area (Å²) in [5.41, 5.74) is 1.56. The van der Waals surface area contributed by atoms with E-state index in [0.717, 1.165) is 0 Å². The van der Waals surface area contributed by atoms with Gasteiger partial charge in [-0.05, 0) is 12.5 Å². The molecule has 0 spiro atoms. The summed E-state index contributed by atoms with van der Waals surface area (Å²) in [7, 11) is 1.56. The summed E-state index contributed by atoms with van der Waals surface area (Å²) in [4.78, 5) is 8.55. The van der Waals surface area contributed by atoms with Crippen LogP contribution < -0.4 is 9.47 Å². The standard InChI is InChI=1S/C18H15BrFN2O2/c1-3-7-24-16-8-11-14(9-15(16)23-2)21-10-22-18(11)17-12(19)5-4-6-13(17)20/h3,5-6,8-10H,1,4,7H2,2H3. The average molecular weight is 390 g/mol. The number of allylic oxidation sites excluding steroid dienone is 4. The second-order valence-corrected chi connectivity index (χ2v) is 5.91. The summed E-state index contributed by atoms with van der Waals surface area (Å²) in [5, 5.41) is 0.683. The Labute approximate surface area is 147 Å². The molecule has 24 heavy (non-hydrogen) atoms. The highest BCUT2D eigenvalue weighted by Crippen LogP contribution is 2.40. The quantitative estimate of drug-likeness (QED) is 0.690. The maximum absolute atomic E-state index is 14.4. The molecule has 0 atom stereocenters. The maximum atomic E-state index is 14.4. The normalized spacial score (nSPS) is 14.5. The molecule has 0 aliphatic heterocycles. The summed E-state index contributed by atoms with van der Waals surface area (Å²) < 4.78 is 26.0. The molecule has 1 aromatic carbocycles. The van der Waals surface area contributed by atoms with E-state index in [1.165, 1.54) is 12.7 Å². The van der Waals surface area contributed by atoms with Gasteiger partial charge in [-0.25, -0.2) is 14.4 Å². The largest absolute Gasteiger partial charge is 0.493 e. The van der Waals surface area contributed by atoms with E-state index in [4.69, 9.17) is 9.47 Å². The third-order valence-corrected chi connectivity index (χ3v) is 4.31. The van der Waals surface area contributed by atoms with Gasteiger partial charge in [0.25, 0.3) is 0 Å². The Hall–Kier alpha value is -2.21. The summed E-state index contributed by atoms with van der Waals surface area (Å²) >= 11 is 3.42. The fraction of sp³-hybridized carbons (Fsp3) is 0.167. The van der Waals surface area contributed by atoms with Crippen molar-refractivity contribution in [1.82, 2.24) is 9.97 Å². The van der Waals surface area contributed by atoms with Crippen LogP contribution in [0.15, 0.2) is 47.5 Å². The van der Waals surface area contributed by atoms with Crippen molar-refractivity contribution in [3.8, 4) is 11.5 Å². The van der Waals surface area contributed by atoms with Crippen molar-refractivity contribution in [1.29, 1.82) is 0 Å². The first-order chi connectivity index (χ1) is 11.7. The Bertz CT molecular complexity index is 861. The van der Waals surface area contributed by atoms with E-state index < -0.39 is 0 Å². The molecule has 0 saturated heterocycles. The molecule has 1 aliphatic rings. The van der Waals surface area contributed by atoms with E-state index >= 15 is 0 Å². The third-order valence-electron chi connectivity index (χ3n) is 3.59. The minimum absolute atomic E-state index is 0.311. The molecule has 123 valence electrons. The van der Waals surface area contributed by atoms with Crippen LogP contribution in [0.25, 0.3) is 16.5 Å². The van der Waals surface area contributed by atoms with Crippen molar-refractivity contribution in [2.45, 2.75) is 6.42 Å². The molecule has 1 radical (unpaired) electrons. The number of nitrogens with zero attached hydrogens (tertiary/aromatic N) is 2. The number of hydrogen-bond donors (Lipinski definition) is 0. The van der Waals surface area contributed by atoms with Crippen LogP contribution in [0, 0.1) is 6.42 Å². The lowest BCUT2D eigenvalue weighted by atomic mass is 9.99. The number of hydrogen-bond acceptors (Lipinski definition) is 4. The molecule has 0 saturated carbocycles. The SMILES string of the molecule is C=CCOc1cc2c(C3=C(F)[CH]CC=C3Br)ncnc2cc1OC. The summed E-state index contributed by atoms with van der Waals surface area (Å²) in [6, 6.07) is 3.52. The Morgan fingerprint density at radius 1 is 1.33 bits per heavy atom. The van der Waals surface area contributed by atoms with Crippen molar-refractivity contribution < 1.29 is 13.9 Å². The number of halogens is 2. The van der Waals surface area contributed by atoms with Gasteiger partial charge in [0.15, 0.2) is 11.5 Å². The van der Waals surface area contributed by atoms with Crippen molar-refractivity contribution >= 4 is 32.4 Å². The van der Waals surface area contributed by atoms with E-state index in [1.807, 2.05) is 6.08 Å². The third kappa shape index (κ3) is 3.06. The predicted molar refractivity (Wildman–Crippen MR) is 95.7 cm³/mol. The van der Waals surface area contributed by atoms with Gasteiger partial charge in [-0.2, -0.15) is 0 Å². The molecule has 1 heterocycles. The van der Waals surface area contributed by atoms with Crippen LogP contribution in [0.1, 0.15) is 12.1 Å². The van der Waals surface area contributed by atoms with Crippen molar-refractivity contribution in [2.24, 2.45) is 0 Å². The van der Waals surface area contributed by atoms with Gasteiger partial charge in [0.1, 0.15) is 18.8 Å². The Morgan fingerprint density at radius 3 is 2.88 bits per heavy atom. The molecular weight excluding hydrogens is 375 g/mol. The second-order valence-electron chi connectivity index (χ2n) is 5.06. The number of benzene rings is 1. The molecule has 0 fully saturated rings. The predicted octanol–water partition coefficient (Wildman–Crippen LogP) is 4.77. The molecule has 0 amide bonds. The van der Waals surface area contributed by atoms with Gasteiger partial charge in [-0.3, -0.25) is 0 Å². The van der Waals surface area contributed by atoms with E-state index in [9.17, 15) is 4.39 Å². The van der Waals surface area contributed by atoms with E-state index in [-0.39, 0.29) is 5.83 Å². The lowest BCUT2D eigenvalue weighted by molar-refractivity contribution is 0.327. The van der Waals surface area contributed by atoms with Gasteiger partial charge in [-0.1, -0.05) is 34.7 Å². The fourth-order valence-corrected chi connectivity index (χ4v) is 3.06. The molecular formula is C18H15BrFN2O2. The first-order valence-corrected chi connectivity index (χ1v) is 8.10. The number of aromatic nitrogens is 2. The minimum Gasteiger partial charge on any atom is -0.493 e. The molecule has 1 aliphatic carbocycles. The van der Waals surface area contributed by atoms with Gasteiger partial charge in [0.2, 0.25) is 0 Å². The number of methoxy groups -OCH3 is 1. The molecule has 0 bridgehead atoms. The van der Waals surface area contributed by atoms with Crippen molar-refractivity contribution in [3.63, 3.8) is 0 Å². The average Bonchev–Trinajstić information content (AvgIpc) is 2.59. The molecule has 4 nitrogen and oxygen atoms in total. The molecule has 0 unspecified atom stereocenters. The summed E-state index contributed by atoms with van der Waals surface area (Å²) in [5.74, 6) is 0.767. The zero-order valence-electron chi connectivity index (χ0n) is 13.1. The fourth-order valence-electron chi connectivity index (χ4n) is 2.49. The summed E-state index contributed by atoms with van der Waals surface area (Å²) in [6.07, 6.45) is 7.01. The number of ether oxygens (including phenoxy) is 2. The first-order valence-electron chi connectivity index (χ1n) is 7.31. The highest BCUT2D eigenvalue weighted by molar-refractivity contribution is 9.12. The monoisotopic (exact) mass is 389 g/mol. The van der Waals surface area contributed by atoms with Crippen LogP contribution in [0.2, 0.25) is 0 Å². The first kappa shape index (κ1) is 16.6. The minimum atomic E-state index is -0.311. The molecule has 1 aromatic heterocycles. The van der Waals surface area contributed by atoms with Gasteiger partial charge in [-0.15, -0.1) is 0 Å².